The van der Waals surface area contributed by atoms with Crippen LogP contribution in [0.15, 0.2) is 16.6 Å². The highest BCUT2D eigenvalue weighted by Crippen LogP contribution is 2.30. The van der Waals surface area contributed by atoms with Crippen molar-refractivity contribution in [3.63, 3.8) is 0 Å². The molecule has 1 nitrogen and oxygen atoms in total. The molecule has 1 unspecified atom stereocenters. The average molecular weight is 260 g/mol. The molecule has 0 heterocycles. The van der Waals surface area contributed by atoms with E-state index >= 15 is 0 Å². The Morgan fingerprint density at radius 1 is 1.50 bits per heavy atom. The van der Waals surface area contributed by atoms with Crippen LogP contribution in [0.25, 0.3) is 0 Å². The molecule has 0 saturated carbocycles. The summed E-state index contributed by atoms with van der Waals surface area (Å²) in [5, 5.41) is 0. The lowest BCUT2D eigenvalue weighted by Crippen LogP contribution is -2.06. The number of hydrogen-bond acceptors (Lipinski definition) is 1. The monoisotopic (exact) mass is 259 g/mol. The van der Waals surface area contributed by atoms with Crippen LogP contribution in [-0.4, -0.2) is 6.54 Å². The topological polar surface area (TPSA) is 26.0 Å². The van der Waals surface area contributed by atoms with Crippen molar-refractivity contribution in [1.29, 1.82) is 0 Å². The summed E-state index contributed by atoms with van der Waals surface area (Å²) in [5.74, 6) is 0.104. The van der Waals surface area contributed by atoms with Gasteiger partial charge in [0, 0.05) is 0 Å². The van der Waals surface area contributed by atoms with Crippen molar-refractivity contribution < 1.29 is 4.39 Å². The van der Waals surface area contributed by atoms with E-state index in [1.54, 1.807) is 0 Å². The molecule has 0 radical (unpaired) electrons. The van der Waals surface area contributed by atoms with Crippen LogP contribution < -0.4 is 5.73 Å². The van der Waals surface area contributed by atoms with E-state index in [9.17, 15) is 4.39 Å². The van der Waals surface area contributed by atoms with Crippen molar-refractivity contribution in [3.05, 3.63) is 33.5 Å². The maximum atomic E-state index is 13.4. The minimum Gasteiger partial charge on any atom is -0.330 e. The Morgan fingerprint density at radius 3 is 2.71 bits per heavy atom. The van der Waals surface area contributed by atoms with E-state index in [0.29, 0.717) is 16.9 Å². The summed E-state index contributed by atoms with van der Waals surface area (Å²) in [7, 11) is 0. The molecular formula is C11H15BrFN. The van der Waals surface area contributed by atoms with E-state index in [2.05, 4.69) is 22.9 Å². The molecule has 78 valence electrons. The van der Waals surface area contributed by atoms with Crippen molar-refractivity contribution in [2.45, 2.75) is 26.2 Å². The highest BCUT2D eigenvalue weighted by atomic mass is 79.9. The van der Waals surface area contributed by atoms with Crippen molar-refractivity contribution in [1.82, 2.24) is 0 Å². The van der Waals surface area contributed by atoms with Crippen LogP contribution >= 0.6 is 15.9 Å². The first-order chi connectivity index (χ1) is 6.56. The molecule has 0 bridgehead atoms. The zero-order chi connectivity index (χ0) is 10.7. The molecule has 0 saturated heterocycles. The Morgan fingerprint density at radius 2 is 2.14 bits per heavy atom. The minimum absolute atomic E-state index is 0.191. The van der Waals surface area contributed by atoms with Crippen molar-refractivity contribution in [3.8, 4) is 0 Å². The zero-order valence-corrected chi connectivity index (χ0v) is 10.1. The molecule has 0 fully saturated rings. The van der Waals surface area contributed by atoms with E-state index in [1.165, 1.54) is 6.07 Å². The summed E-state index contributed by atoms with van der Waals surface area (Å²) < 4.78 is 13.9. The third-order valence-electron chi connectivity index (χ3n) is 2.33. The normalized spacial score (nSPS) is 12.9. The average Bonchev–Trinajstić information content (AvgIpc) is 2.11. The van der Waals surface area contributed by atoms with Gasteiger partial charge in [-0.25, -0.2) is 4.39 Å². The molecule has 1 aromatic rings. The molecule has 1 rings (SSSR count). The van der Waals surface area contributed by atoms with Crippen LogP contribution in [0.3, 0.4) is 0 Å². The number of halogens is 2. The number of nitrogens with two attached hydrogens (primary N) is 1. The zero-order valence-electron chi connectivity index (χ0n) is 8.48. The van der Waals surface area contributed by atoms with Crippen molar-refractivity contribution in [2.24, 2.45) is 5.73 Å². The molecular weight excluding hydrogens is 245 g/mol. The second kappa shape index (κ2) is 4.89. The Hall–Kier alpha value is -0.410. The first-order valence-electron chi connectivity index (χ1n) is 4.72. The molecule has 0 amide bonds. The highest BCUT2D eigenvalue weighted by molar-refractivity contribution is 9.10. The first-order valence-corrected chi connectivity index (χ1v) is 5.51. The van der Waals surface area contributed by atoms with Gasteiger partial charge >= 0.3 is 0 Å². The molecule has 0 aromatic heterocycles. The Labute approximate surface area is 92.6 Å². The molecule has 0 aliphatic heterocycles. The molecule has 0 spiro atoms. The largest absolute Gasteiger partial charge is 0.330 e. The number of benzene rings is 1. The van der Waals surface area contributed by atoms with E-state index in [0.717, 1.165) is 17.5 Å². The molecule has 14 heavy (non-hydrogen) atoms. The minimum atomic E-state index is -0.191. The van der Waals surface area contributed by atoms with Gasteiger partial charge in [0.2, 0.25) is 0 Å². The van der Waals surface area contributed by atoms with Crippen LogP contribution in [0.5, 0.6) is 0 Å². The molecule has 0 aliphatic rings. The van der Waals surface area contributed by atoms with Crippen molar-refractivity contribution in [2.75, 3.05) is 6.54 Å². The fourth-order valence-corrected chi connectivity index (χ4v) is 2.14. The second-order valence-electron chi connectivity index (χ2n) is 3.63. The van der Waals surface area contributed by atoms with Crippen LogP contribution in [0, 0.1) is 12.7 Å². The van der Waals surface area contributed by atoms with E-state index in [1.807, 2.05) is 13.0 Å². The predicted molar refractivity (Wildman–Crippen MR) is 60.9 cm³/mol. The van der Waals surface area contributed by atoms with Crippen LogP contribution in [0.4, 0.5) is 4.39 Å². The maximum Gasteiger partial charge on any atom is 0.137 e. The summed E-state index contributed by atoms with van der Waals surface area (Å²) in [6, 6.07) is 3.54. The predicted octanol–water partition coefficient (Wildman–Crippen LogP) is 3.35. The molecule has 3 heteroatoms. The third kappa shape index (κ3) is 2.55. The first kappa shape index (κ1) is 11.7. The summed E-state index contributed by atoms with van der Waals surface area (Å²) in [6.07, 6.45) is 0.876. The molecule has 1 aromatic carbocycles. The highest BCUT2D eigenvalue weighted by Gasteiger charge is 2.12. The smallest absolute Gasteiger partial charge is 0.137 e. The van der Waals surface area contributed by atoms with Gasteiger partial charge in [-0.05, 0) is 58.9 Å². The lowest BCUT2D eigenvalue weighted by atomic mass is 9.96. The van der Waals surface area contributed by atoms with Gasteiger partial charge in [0.1, 0.15) is 5.82 Å². The van der Waals surface area contributed by atoms with Crippen molar-refractivity contribution >= 4 is 15.9 Å². The fourth-order valence-electron chi connectivity index (χ4n) is 1.52. The SMILES string of the molecule is Cc1cc(F)c(Br)c(C(C)CCN)c1. The van der Waals surface area contributed by atoms with Gasteiger partial charge in [0.15, 0.2) is 0 Å². The van der Waals surface area contributed by atoms with Gasteiger partial charge in [0.25, 0.3) is 0 Å². The van der Waals surface area contributed by atoms with Gasteiger partial charge in [-0.1, -0.05) is 13.0 Å². The standard InChI is InChI=1S/C11H15BrFN/c1-7-5-9(8(2)3-4-14)11(12)10(13)6-7/h5-6,8H,3-4,14H2,1-2H3. The number of rotatable bonds is 3. The van der Waals surface area contributed by atoms with E-state index in [4.69, 9.17) is 5.73 Å². The second-order valence-corrected chi connectivity index (χ2v) is 4.42. The summed E-state index contributed by atoms with van der Waals surface area (Å²) in [5.41, 5.74) is 7.44. The lowest BCUT2D eigenvalue weighted by molar-refractivity contribution is 0.607. The summed E-state index contributed by atoms with van der Waals surface area (Å²) in [4.78, 5) is 0. The number of aryl methyl sites for hydroxylation is 1. The third-order valence-corrected chi connectivity index (χ3v) is 3.17. The molecule has 0 aliphatic carbocycles. The van der Waals surface area contributed by atoms with Gasteiger partial charge in [-0.15, -0.1) is 0 Å². The summed E-state index contributed by atoms with van der Waals surface area (Å²) >= 11 is 3.27. The quantitative estimate of drug-likeness (QED) is 0.886. The van der Waals surface area contributed by atoms with Crippen LogP contribution in [0.1, 0.15) is 30.4 Å². The van der Waals surface area contributed by atoms with Gasteiger partial charge in [-0.3, -0.25) is 0 Å². The molecule has 1 atom stereocenters. The fraction of sp³-hybridized carbons (Fsp3) is 0.455. The lowest BCUT2D eigenvalue weighted by Gasteiger charge is -2.14. The summed E-state index contributed by atoms with van der Waals surface area (Å²) in [6.45, 7) is 4.59. The molecule has 2 N–H and O–H groups in total. The maximum absolute atomic E-state index is 13.4. The van der Waals surface area contributed by atoms with Gasteiger partial charge in [0.05, 0.1) is 4.47 Å². The van der Waals surface area contributed by atoms with E-state index in [-0.39, 0.29) is 5.82 Å². The Kier molecular flexibility index (Phi) is 4.08. The van der Waals surface area contributed by atoms with E-state index < -0.39 is 0 Å². The van der Waals surface area contributed by atoms with Crippen LogP contribution in [-0.2, 0) is 0 Å². The van der Waals surface area contributed by atoms with Gasteiger partial charge < -0.3 is 5.73 Å². The Balaban J connectivity index is 3.07. The van der Waals surface area contributed by atoms with Crippen LogP contribution in [0.2, 0.25) is 0 Å². The van der Waals surface area contributed by atoms with Gasteiger partial charge in [-0.2, -0.15) is 0 Å². The Bertz CT molecular complexity index is 325. The number of hydrogen-bond donors (Lipinski definition) is 1.